The maximum absolute atomic E-state index is 15.3. The Balaban J connectivity index is 1.17. The molecule has 6 heterocycles. The third-order valence-electron chi connectivity index (χ3n) is 6.71. The minimum absolute atomic E-state index is 0.0557. The van der Waals surface area contributed by atoms with E-state index in [2.05, 4.69) is 29.9 Å². The third-order valence-corrected chi connectivity index (χ3v) is 8.27. The lowest BCUT2D eigenvalue weighted by Gasteiger charge is -2.26. The molecule has 2 fully saturated rings. The molecule has 0 saturated carbocycles. The van der Waals surface area contributed by atoms with Crippen LogP contribution in [-0.2, 0) is 30.3 Å². The highest BCUT2D eigenvalue weighted by Crippen LogP contribution is 2.50. The second-order valence-corrected chi connectivity index (χ2v) is 12.1. The van der Waals surface area contributed by atoms with Gasteiger partial charge >= 0.3 is 6.72 Å². The van der Waals surface area contributed by atoms with E-state index in [1.165, 1.54) is 21.8 Å². The molecular formula is C20H23FN9O9PS. The van der Waals surface area contributed by atoms with Crippen LogP contribution in [0, 0.1) is 0 Å². The number of alkyl halides is 1. The SMILES string of the molecule is Nc1nc2c(ncn2[C@@H]2O[C@H](CO)[C@@H](F)C2OP(O)(=S)OC[C@H]2O[C@@H](n3cnc4c(=O)[nH]cnc43)C[C@@H]2O)c(=O)[nH]1. The van der Waals surface area contributed by atoms with Gasteiger partial charge in [-0.1, -0.05) is 0 Å². The number of rotatable bonds is 8. The number of nitrogens with one attached hydrogen (secondary N) is 2. The standard InChI is InChI=1S/C20H23FN9O9PS/c21-11-8(2-31)38-19(30-6-26-13-16(30)27-20(22)28-18(13)34)14(11)39-40(35,41)36-3-9-7(32)1-10(37-9)29-5-25-12-15(29)23-4-24-17(12)33/h4-11,14,19,31-32H,1-3H2,(H,35,41)(H,23,24,33)(H3,22,27,28,34)/t7-,8+,9+,10+,11+,14?,19+,40?/m0/s1. The van der Waals surface area contributed by atoms with E-state index < -0.39 is 74.1 Å². The van der Waals surface area contributed by atoms with Gasteiger partial charge in [-0.25, -0.2) is 19.3 Å². The van der Waals surface area contributed by atoms with E-state index in [0.717, 1.165) is 6.33 Å². The molecule has 2 aliphatic heterocycles. The number of aliphatic hydroxyl groups is 2. The highest BCUT2D eigenvalue weighted by Gasteiger charge is 2.50. The van der Waals surface area contributed by atoms with Crippen molar-refractivity contribution in [1.29, 1.82) is 0 Å². The molecule has 0 radical (unpaired) electrons. The Labute approximate surface area is 232 Å². The van der Waals surface area contributed by atoms with Gasteiger partial charge in [0.2, 0.25) is 5.95 Å². The van der Waals surface area contributed by atoms with E-state index in [1.54, 1.807) is 0 Å². The molecule has 0 aromatic carbocycles. The van der Waals surface area contributed by atoms with Gasteiger partial charge in [0.25, 0.3) is 11.1 Å². The van der Waals surface area contributed by atoms with Gasteiger partial charge in [-0.05, 0) is 11.8 Å². The summed E-state index contributed by atoms with van der Waals surface area (Å²) in [5.74, 6) is -0.231. The number of nitrogens with zero attached hydrogens (tertiary/aromatic N) is 6. The molecular weight excluding hydrogens is 592 g/mol. The van der Waals surface area contributed by atoms with Crippen LogP contribution in [0.15, 0.2) is 28.6 Å². The van der Waals surface area contributed by atoms with Crippen molar-refractivity contribution in [2.75, 3.05) is 18.9 Å². The molecule has 41 heavy (non-hydrogen) atoms. The molecule has 0 amide bonds. The number of aromatic nitrogens is 8. The summed E-state index contributed by atoms with van der Waals surface area (Å²) >= 11 is 5.11. The van der Waals surface area contributed by atoms with Gasteiger partial charge in [0.15, 0.2) is 34.7 Å². The topological polar surface area (TPSA) is 251 Å². The van der Waals surface area contributed by atoms with Crippen LogP contribution in [0.3, 0.4) is 0 Å². The molecule has 0 spiro atoms. The monoisotopic (exact) mass is 615 g/mol. The second-order valence-electron chi connectivity index (χ2n) is 9.29. The van der Waals surface area contributed by atoms with Crippen molar-refractivity contribution in [2.45, 2.75) is 49.5 Å². The number of nitrogens with two attached hydrogens (primary N) is 1. The number of H-pyrrole nitrogens is 2. The lowest BCUT2D eigenvalue weighted by atomic mass is 10.1. The van der Waals surface area contributed by atoms with Gasteiger partial charge < -0.3 is 39.8 Å². The largest absolute Gasteiger partial charge is 0.394 e. The van der Waals surface area contributed by atoms with Gasteiger partial charge in [0.1, 0.15) is 24.5 Å². The first-order chi connectivity index (χ1) is 19.6. The van der Waals surface area contributed by atoms with E-state index in [1.807, 2.05) is 0 Å². The fraction of sp³-hybridized carbons (Fsp3) is 0.500. The fourth-order valence-corrected chi connectivity index (χ4v) is 6.17. The first kappa shape index (κ1) is 27.9. The number of imidazole rings is 2. The lowest BCUT2D eigenvalue weighted by molar-refractivity contribution is -0.0545. The Morgan fingerprint density at radius 2 is 1.88 bits per heavy atom. The Morgan fingerprint density at radius 3 is 2.63 bits per heavy atom. The van der Waals surface area contributed by atoms with Crippen molar-refractivity contribution in [3.8, 4) is 0 Å². The van der Waals surface area contributed by atoms with Crippen LogP contribution in [0.4, 0.5) is 10.3 Å². The predicted molar refractivity (Wildman–Crippen MR) is 138 cm³/mol. The van der Waals surface area contributed by atoms with Gasteiger partial charge in [0, 0.05) is 6.42 Å². The fourth-order valence-electron chi connectivity index (χ4n) is 4.77. The average Bonchev–Trinajstić information content (AvgIpc) is 3.69. The van der Waals surface area contributed by atoms with Crippen molar-refractivity contribution in [1.82, 2.24) is 39.0 Å². The van der Waals surface area contributed by atoms with Crippen LogP contribution in [0.2, 0.25) is 0 Å². The van der Waals surface area contributed by atoms with Crippen molar-refractivity contribution in [3.63, 3.8) is 0 Å². The Morgan fingerprint density at radius 1 is 1.15 bits per heavy atom. The number of halogens is 1. The van der Waals surface area contributed by atoms with Gasteiger partial charge in [0.05, 0.1) is 38.3 Å². The minimum Gasteiger partial charge on any atom is -0.394 e. The zero-order chi connectivity index (χ0) is 29.1. The molecule has 220 valence electrons. The van der Waals surface area contributed by atoms with E-state index >= 15 is 4.39 Å². The zero-order valence-electron chi connectivity index (χ0n) is 20.7. The summed E-state index contributed by atoms with van der Waals surface area (Å²) in [6, 6.07) is 0. The van der Waals surface area contributed by atoms with E-state index in [-0.39, 0.29) is 34.7 Å². The third kappa shape index (κ3) is 5.07. The first-order valence-electron chi connectivity index (χ1n) is 12.1. The summed E-state index contributed by atoms with van der Waals surface area (Å²) in [6.45, 7) is -5.39. The predicted octanol–water partition coefficient (Wildman–Crippen LogP) is -1.67. The van der Waals surface area contributed by atoms with Gasteiger partial charge in [-0.15, -0.1) is 0 Å². The van der Waals surface area contributed by atoms with Crippen LogP contribution in [-0.4, -0.2) is 97.9 Å². The molecule has 8 atom stereocenters. The maximum atomic E-state index is 15.3. The number of aromatic amines is 2. The van der Waals surface area contributed by atoms with Crippen molar-refractivity contribution in [3.05, 3.63) is 39.7 Å². The summed E-state index contributed by atoms with van der Waals surface area (Å²) in [6.07, 6.45) is -5.39. The number of aliphatic hydroxyl groups excluding tert-OH is 2. The number of fused-ring (bicyclic) bond motifs is 2. The molecule has 4 aromatic rings. The van der Waals surface area contributed by atoms with Crippen molar-refractivity contribution >= 4 is 46.8 Å². The first-order valence-corrected chi connectivity index (χ1v) is 14.7. The van der Waals surface area contributed by atoms with Crippen molar-refractivity contribution < 1.29 is 38.0 Å². The zero-order valence-corrected chi connectivity index (χ0v) is 22.4. The normalized spacial score (nSPS) is 29.9. The molecule has 2 unspecified atom stereocenters. The number of ether oxygens (including phenoxy) is 2. The molecule has 7 N–H and O–H groups in total. The summed E-state index contributed by atoms with van der Waals surface area (Å²) in [4.78, 5) is 55.7. The van der Waals surface area contributed by atoms with Gasteiger partial charge in [-0.2, -0.15) is 4.98 Å². The second kappa shape index (κ2) is 10.6. The van der Waals surface area contributed by atoms with Crippen LogP contribution < -0.4 is 16.9 Å². The van der Waals surface area contributed by atoms with Crippen LogP contribution in [0.25, 0.3) is 22.3 Å². The Kier molecular flexibility index (Phi) is 7.20. The molecule has 6 rings (SSSR count). The highest BCUT2D eigenvalue weighted by molar-refractivity contribution is 8.07. The molecule has 2 saturated heterocycles. The van der Waals surface area contributed by atoms with Crippen LogP contribution >= 0.6 is 6.72 Å². The summed E-state index contributed by atoms with van der Waals surface area (Å²) in [7, 11) is 0. The van der Waals surface area contributed by atoms with E-state index in [9.17, 15) is 24.7 Å². The Bertz CT molecular complexity index is 1760. The maximum Gasteiger partial charge on any atom is 0.325 e. The molecule has 2 aliphatic rings. The van der Waals surface area contributed by atoms with Crippen molar-refractivity contribution in [2.24, 2.45) is 0 Å². The smallest absolute Gasteiger partial charge is 0.325 e. The summed E-state index contributed by atoms with van der Waals surface area (Å²) in [5, 5.41) is 20.2. The number of nitrogen functional groups attached to an aromatic ring is 1. The summed E-state index contributed by atoms with van der Waals surface area (Å²) < 4.78 is 40.3. The van der Waals surface area contributed by atoms with E-state index in [0.29, 0.717) is 0 Å². The summed E-state index contributed by atoms with van der Waals surface area (Å²) in [5.41, 5.74) is 4.71. The Hall–Kier alpha value is -3.20. The molecule has 21 heteroatoms. The molecule has 4 aromatic heterocycles. The molecule has 18 nitrogen and oxygen atoms in total. The van der Waals surface area contributed by atoms with Crippen LogP contribution in [0.5, 0.6) is 0 Å². The quantitative estimate of drug-likeness (QED) is 0.121. The highest BCUT2D eigenvalue weighted by atomic mass is 32.5. The number of hydrogen-bond donors (Lipinski definition) is 6. The molecule has 0 aliphatic carbocycles. The van der Waals surface area contributed by atoms with E-state index in [4.69, 9.17) is 36.1 Å². The number of hydrogen-bond acceptors (Lipinski definition) is 14. The lowest BCUT2D eigenvalue weighted by Crippen LogP contribution is -2.32. The minimum atomic E-state index is -4.22. The average molecular weight is 615 g/mol. The molecule has 0 bridgehead atoms. The van der Waals surface area contributed by atoms with Crippen LogP contribution in [0.1, 0.15) is 18.9 Å². The van der Waals surface area contributed by atoms with Gasteiger partial charge in [-0.3, -0.25) is 28.2 Å². The number of anilines is 1.